The molecular weight excluding hydrogens is 258 g/mol. The first-order chi connectivity index (χ1) is 9.54. The summed E-state index contributed by atoms with van der Waals surface area (Å²) < 4.78 is 0. The molecule has 0 aliphatic rings. The van der Waals surface area contributed by atoms with Crippen LogP contribution in [0.4, 0.5) is 4.79 Å². The molecule has 110 valence electrons. The summed E-state index contributed by atoms with van der Waals surface area (Å²) in [4.78, 5) is 26.4. The summed E-state index contributed by atoms with van der Waals surface area (Å²) in [5.41, 5.74) is 1.95. The van der Waals surface area contributed by atoms with E-state index in [0.29, 0.717) is 19.5 Å². The van der Waals surface area contributed by atoms with E-state index in [-0.39, 0.29) is 6.03 Å². The number of nitrogens with one attached hydrogen (secondary N) is 2. The van der Waals surface area contributed by atoms with E-state index < -0.39 is 11.9 Å². The van der Waals surface area contributed by atoms with Gasteiger partial charge in [-0.05, 0) is 24.5 Å². The lowest BCUT2D eigenvalue weighted by Gasteiger charge is -2.10. The molecule has 1 aromatic heterocycles. The molecule has 0 aromatic carbocycles. The lowest BCUT2D eigenvalue weighted by Crippen LogP contribution is -2.36. The van der Waals surface area contributed by atoms with Crippen LogP contribution in [0.2, 0.25) is 0 Å². The maximum atomic E-state index is 11.6. The molecule has 2 amide bonds. The number of rotatable bonds is 7. The second kappa shape index (κ2) is 8.14. The van der Waals surface area contributed by atoms with Gasteiger partial charge in [0, 0.05) is 12.7 Å². The van der Waals surface area contributed by atoms with Gasteiger partial charge in [-0.1, -0.05) is 19.9 Å². The Labute approximate surface area is 118 Å². The topological polar surface area (TPSA) is 91.3 Å². The Morgan fingerprint density at radius 3 is 2.80 bits per heavy atom. The van der Waals surface area contributed by atoms with Gasteiger partial charge in [-0.15, -0.1) is 0 Å². The average Bonchev–Trinajstić information content (AvgIpc) is 2.45. The molecule has 1 rings (SSSR count). The summed E-state index contributed by atoms with van der Waals surface area (Å²) in [6.45, 7) is 4.35. The highest BCUT2D eigenvalue weighted by atomic mass is 16.4. The number of amides is 2. The Balaban J connectivity index is 2.31. The van der Waals surface area contributed by atoms with Crippen molar-refractivity contribution in [3.05, 3.63) is 29.6 Å². The molecule has 6 nitrogen and oxygen atoms in total. The Bertz CT molecular complexity index is 463. The Morgan fingerprint density at radius 2 is 2.15 bits per heavy atom. The van der Waals surface area contributed by atoms with Crippen LogP contribution in [-0.2, 0) is 17.8 Å². The van der Waals surface area contributed by atoms with Gasteiger partial charge in [0.05, 0.1) is 18.2 Å². The van der Waals surface area contributed by atoms with E-state index in [1.807, 2.05) is 19.1 Å². The molecule has 0 fully saturated rings. The van der Waals surface area contributed by atoms with Crippen LogP contribution in [0.3, 0.4) is 0 Å². The number of aryl methyl sites for hydroxylation is 1. The molecule has 0 aliphatic carbocycles. The molecule has 0 saturated heterocycles. The molecule has 0 saturated carbocycles. The van der Waals surface area contributed by atoms with Crippen molar-refractivity contribution in [1.82, 2.24) is 15.6 Å². The number of urea groups is 1. The molecule has 1 atom stereocenters. The maximum Gasteiger partial charge on any atom is 0.315 e. The van der Waals surface area contributed by atoms with Gasteiger partial charge in [-0.2, -0.15) is 0 Å². The van der Waals surface area contributed by atoms with Gasteiger partial charge in [-0.3, -0.25) is 9.78 Å². The molecule has 1 unspecified atom stereocenters. The van der Waals surface area contributed by atoms with Gasteiger partial charge in [0.25, 0.3) is 0 Å². The number of hydrogen-bond acceptors (Lipinski definition) is 3. The third-order valence-corrected chi connectivity index (χ3v) is 3.07. The fourth-order valence-electron chi connectivity index (χ4n) is 1.70. The highest BCUT2D eigenvalue weighted by Crippen LogP contribution is 2.05. The van der Waals surface area contributed by atoms with Crippen molar-refractivity contribution < 1.29 is 14.7 Å². The van der Waals surface area contributed by atoms with E-state index in [0.717, 1.165) is 17.7 Å². The Hall–Kier alpha value is -2.11. The van der Waals surface area contributed by atoms with Crippen molar-refractivity contribution in [3.8, 4) is 0 Å². The normalized spacial score (nSPS) is 11.7. The summed E-state index contributed by atoms with van der Waals surface area (Å²) in [7, 11) is 0. The van der Waals surface area contributed by atoms with E-state index in [9.17, 15) is 9.59 Å². The van der Waals surface area contributed by atoms with Gasteiger partial charge in [0.1, 0.15) is 0 Å². The van der Waals surface area contributed by atoms with Crippen LogP contribution in [0.1, 0.15) is 31.5 Å². The van der Waals surface area contributed by atoms with Crippen LogP contribution >= 0.6 is 0 Å². The highest BCUT2D eigenvalue weighted by Gasteiger charge is 2.11. The molecular formula is C14H21N3O3. The number of hydrogen-bond donors (Lipinski definition) is 3. The maximum absolute atomic E-state index is 11.6. The van der Waals surface area contributed by atoms with Crippen molar-refractivity contribution in [2.45, 2.75) is 33.2 Å². The van der Waals surface area contributed by atoms with Crippen molar-refractivity contribution >= 4 is 12.0 Å². The van der Waals surface area contributed by atoms with Crippen LogP contribution in [0, 0.1) is 5.92 Å². The van der Waals surface area contributed by atoms with Gasteiger partial charge >= 0.3 is 12.0 Å². The lowest BCUT2D eigenvalue weighted by molar-refractivity contribution is -0.141. The number of carboxylic acid groups (broad SMARTS) is 1. The third kappa shape index (κ3) is 5.26. The number of pyridine rings is 1. The molecule has 0 aliphatic heterocycles. The summed E-state index contributed by atoms with van der Waals surface area (Å²) in [6.07, 6.45) is 2.97. The molecule has 3 N–H and O–H groups in total. The zero-order valence-electron chi connectivity index (χ0n) is 11.8. The van der Waals surface area contributed by atoms with Gasteiger partial charge in [0.15, 0.2) is 0 Å². The van der Waals surface area contributed by atoms with E-state index in [2.05, 4.69) is 15.6 Å². The molecule has 0 spiro atoms. The molecule has 6 heteroatoms. The van der Waals surface area contributed by atoms with Gasteiger partial charge in [0.2, 0.25) is 0 Å². The first kappa shape index (κ1) is 15.9. The number of carbonyl (C=O) groups excluding carboxylic acids is 1. The number of aromatic nitrogens is 1. The fourth-order valence-corrected chi connectivity index (χ4v) is 1.70. The summed E-state index contributed by atoms with van der Waals surface area (Å²) in [5, 5.41) is 14.1. The van der Waals surface area contributed by atoms with E-state index in [4.69, 9.17) is 5.11 Å². The standard InChI is InChI=1S/C14H21N3O3/c1-3-11-5-4-7-15-12(11)9-17-14(20)16-8-6-10(2)13(18)19/h4-5,7,10H,3,6,8-9H2,1-2H3,(H,18,19)(H2,16,17,20). The Morgan fingerprint density at radius 1 is 1.40 bits per heavy atom. The zero-order chi connectivity index (χ0) is 15.0. The quantitative estimate of drug-likeness (QED) is 0.706. The number of carbonyl (C=O) groups is 2. The Kier molecular flexibility index (Phi) is 6.49. The first-order valence-corrected chi connectivity index (χ1v) is 6.71. The highest BCUT2D eigenvalue weighted by molar-refractivity contribution is 5.74. The van der Waals surface area contributed by atoms with Crippen molar-refractivity contribution in [1.29, 1.82) is 0 Å². The van der Waals surface area contributed by atoms with Gasteiger partial charge in [-0.25, -0.2) is 4.79 Å². The predicted molar refractivity (Wildman–Crippen MR) is 75.3 cm³/mol. The second-order valence-corrected chi connectivity index (χ2v) is 4.60. The molecule has 1 heterocycles. The minimum absolute atomic E-state index is 0.310. The minimum atomic E-state index is -0.853. The average molecular weight is 279 g/mol. The van der Waals surface area contributed by atoms with Crippen LogP contribution in [0.5, 0.6) is 0 Å². The SMILES string of the molecule is CCc1cccnc1CNC(=O)NCCC(C)C(=O)O. The van der Waals surface area contributed by atoms with Crippen LogP contribution in [0.25, 0.3) is 0 Å². The third-order valence-electron chi connectivity index (χ3n) is 3.07. The minimum Gasteiger partial charge on any atom is -0.481 e. The number of carboxylic acids is 1. The first-order valence-electron chi connectivity index (χ1n) is 6.71. The van der Waals surface area contributed by atoms with Crippen molar-refractivity contribution in [3.63, 3.8) is 0 Å². The van der Waals surface area contributed by atoms with E-state index in [1.54, 1.807) is 13.1 Å². The van der Waals surface area contributed by atoms with Crippen LogP contribution in [0.15, 0.2) is 18.3 Å². The largest absolute Gasteiger partial charge is 0.481 e. The smallest absolute Gasteiger partial charge is 0.315 e. The van der Waals surface area contributed by atoms with Crippen molar-refractivity contribution in [2.24, 2.45) is 5.92 Å². The lowest BCUT2D eigenvalue weighted by atomic mass is 10.1. The number of aliphatic carboxylic acids is 1. The fraction of sp³-hybridized carbons (Fsp3) is 0.500. The molecule has 1 aromatic rings. The monoisotopic (exact) mass is 279 g/mol. The van der Waals surface area contributed by atoms with E-state index >= 15 is 0 Å². The molecule has 0 bridgehead atoms. The molecule has 20 heavy (non-hydrogen) atoms. The number of nitrogens with zero attached hydrogens (tertiary/aromatic N) is 1. The zero-order valence-corrected chi connectivity index (χ0v) is 11.8. The predicted octanol–water partition coefficient (Wildman–Crippen LogP) is 1.55. The van der Waals surface area contributed by atoms with Crippen LogP contribution < -0.4 is 10.6 Å². The van der Waals surface area contributed by atoms with Gasteiger partial charge < -0.3 is 15.7 Å². The summed E-state index contributed by atoms with van der Waals surface area (Å²) in [5.74, 6) is -1.31. The van der Waals surface area contributed by atoms with E-state index in [1.165, 1.54) is 0 Å². The second-order valence-electron chi connectivity index (χ2n) is 4.60. The summed E-state index contributed by atoms with van der Waals surface area (Å²) >= 11 is 0. The molecule has 0 radical (unpaired) electrons. The van der Waals surface area contributed by atoms with Crippen molar-refractivity contribution in [2.75, 3.05) is 6.54 Å². The van der Waals surface area contributed by atoms with Crippen LogP contribution in [-0.4, -0.2) is 28.6 Å². The summed E-state index contributed by atoms with van der Waals surface area (Å²) in [6, 6.07) is 3.54.